The molecule has 0 aromatic heterocycles. The van der Waals surface area contributed by atoms with E-state index in [0.29, 0.717) is 18.9 Å². The first kappa shape index (κ1) is 10.9. The molecule has 0 amide bonds. The Bertz CT molecular complexity index is 276. The van der Waals surface area contributed by atoms with Crippen LogP contribution >= 0.6 is 0 Å². The van der Waals surface area contributed by atoms with Crippen molar-refractivity contribution in [3.63, 3.8) is 0 Å². The van der Waals surface area contributed by atoms with E-state index in [-0.39, 0.29) is 6.10 Å². The van der Waals surface area contributed by atoms with Crippen molar-refractivity contribution in [2.75, 3.05) is 18.9 Å². The van der Waals surface area contributed by atoms with Crippen molar-refractivity contribution in [2.45, 2.75) is 20.0 Å². The third kappa shape index (κ3) is 3.66. The van der Waals surface area contributed by atoms with Crippen molar-refractivity contribution < 1.29 is 9.47 Å². The molecule has 0 radical (unpaired) electrons. The SMILES string of the molecule is CCOCC(C)Oc1cccc(N)c1. The van der Waals surface area contributed by atoms with Crippen molar-refractivity contribution in [1.29, 1.82) is 0 Å². The maximum atomic E-state index is 5.62. The van der Waals surface area contributed by atoms with Crippen LogP contribution < -0.4 is 10.5 Å². The van der Waals surface area contributed by atoms with Gasteiger partial charge in [0.05, 0.1) is 6.61 Å². The summed E-state index contributed by atoms with van der Waals surface area (Å²) in [5, 5.41) is 0. The lowest BCUT2D eigenvalue weighted by Crippen LogP contribution is -2.19. The molecule has 0 spiro atoms. The van der Waals surface area contributed by atoms with Gasteiger partial charge in [-0.1, -0.05) is 6.07 Å². The van der Waals surface area contributed by atoms with Crippen molar-refractivity contribution in [2.24, 2.45) is 0 Å². The second-order valence-corrected chi connectivity index (χ2v) is 3.16. The number of rotatable bonds is 5. The molecule has 14 heavy (non-hydrogen) atoms. The highest BCUT2D eigenvalue weighted by Gasteiger charge is 2.03. The van der Waals surface area contributed by atoms with Crippen molar-refractivity contribution in [1.82, 2.24) is 0 Å². The normalized spacial score (nSPS) is 12.4. The van der Waals surface area contributed by atoms with Gasteiger partial charge in [-0.05, 0) is 26.0 Å². The third-order valence-electron chi connectivity index (χ3n) is 1.75. The molecule has 2 N–H and O–H groups in total. The van der Waals surface area contributed by atoms with E-state index in [9.17, 15) is 0 Å². The Labute approximate surface area is 84.8 Å². The molecule has 78 valence electrons. The fourth-order valence-electron chi connectivity index (χ4n) is 1.14. The van der Waals surface area contributed by atoms with Gasteiger partial charge < -0.3 is 15.2 Å². The molecule has 0 heterocycles. The van der Waals surface area contributed by atoms with Crippen molar-refractivity contribution in [3.8, 4) is 5.75 Å². The fourth-order valence-corrected chi connectivity index (χ4v) is 1.14. The molecule has 1 atom stereocenters. The predicted octanol–water partition coefficient (Wildman–Crippen LogP) is 2.07. The molecular weight excluding hydrogens is 178 g/mol. The topological polar surface area (TPSA) is 44.5 Å². The van der Waals surface area contributed by atoms with Gasteiger partial charge in [-0.3, -0.25) is 0 Å². The quantitative estimate of drug-likeness (QED) is 0.731. The lowest BCUT2D eigenvalue weighted by molar-refractivity contribution is 0.0657. The molecule has 0 aliphatic heterocycles. The van der Waals surface area contributed by atoms with Crippen LogP contribution in [-0.4, -0.2) is 19.3 Å². The van der Waals surface area contributed by atoms with Crippen molar-refractivity contribution >= 4 is 5.69 Å². The molecule has 0 saturated heterocycles. The van der Waals surface area contributed by atoms with E-state index in [2.05, 4.69) is 0 Å². The number of nitrogen functional groups attached to an aromatic ring is 1. The number of hydrogen-bond donors (Lipinski definition) is 1. The van der Waals surface area contributed by atoms with E-state index in [4.69, 9.17) is 15.2 Å². The predicted molar refractivity (Wildman–Crippen MR) is 57.4 cm³/mol. The zero-order valence-corrected chi connectivity index (χ0v) is 8.69. The Morgan fingerprint density at radius 1 is 1.43 bits per heavy atom. The molecule has 1 aromatic rings. The monoisotopic (exact) mass is 195 g/mol. The Hall–Kier alpha value is -1.22. The van der Waals surface area contributed by atoms with Gasteiger partial charge in [-0.25, -0.2) is 0 Å². The molecule has 0 aliphatic carbocycles. The maximum absolute atomic E-state index is 5.62. The second kappa shape index (κ2) is 5.50. The summed E-state index contributed by atoms with van der Waals surface area (Å²) in [5.41, 5.74) is 6.34. The standard InChI is InChI=1S/C11H17NO2/c1-3-13-8-9(2)14-11-6-4-5-10(12)7-11/h4-7,9H,3,8,12H2,1-2H3. The number of benzene rings is 1. The average molecular weight is 195 g/mol. The van der Waals surface area contributed by atoms with Crippen LogP contribution in [-0.2, 0) is 4.74 Å². The summed E-state index contributed by atoms with van der Waals surface area (Å²) in [4.78, 5) is 0. The zero-order chi connectivity index (χ0) is 10.4. The van der Waals surface area contributed by atoms with Gasteiger partial charge in [-0.2, -0.15) is 0 Å². The van der Waals surface area contributed by atoms with Gasteiger partial charge in [0.25, 0.3) is 0 Å². The molecule has 0 bridgehead atoms. The minimum atomic E-state index is 0.0525. The molecule has 0 fully saturated rings. The number of hydrogen-bond acceptors (Lipinski definition) is 3. The van der Waals surface area contributed by atoms with Crippen molar-refractivity contribution in [3.05, 3.63) is 24.3 Å². The number of nitrogens with two attached hydrogens (primary N) is 1. The Balaban J connectivity index is 2.43. The lowest BCUT2D eigenvalue weighted by atomic mass is 10.3. The first-order valence-corrected chi connectivity index (χ1v) is 4.82. The highest BCUT2D eigenvalue weighted by Crippen LogP contribution is 2.15. The number of ether oxygens (including phenoxy) is 2. The van der Waals surface area contributed by atoms with Crippen LogP contribution in [0.25, 0.3) is 0 Å². The van der Waals surface area contributed by atoms with E-state index in [0.717, 1.165) is 5.75 Å². The van der Waals surface area contributed by atoms with Gasteiger partial charge in [0.15, 0.2) is 0 Å². The van der Waals surface area contributed by atoms with Crippen LogP contribution in [0.2, 0.25) is 0 Å². The summed E-state index contributed by atoms with van der Waals surface area (Å²) < 4.78 is 10.8. The van der Waals surface area contributed by atoms with Gasteiger partial charge in [0, 0.05) is 18.4 Å². The minimum Gasteiger partial charge on any atom is -0.488 e. The van der Waals surface area contributed by atoms with E-state index >= 15 is 0 Å². The summed E-state index contributed by atoms with van der Waals surface area (Å²) >= 11 is 0. The van der Waals surface area contributed by atoms with Crippen LogP contribution in [0.5, 0.6) is 5.75 Å². The smallest absolute Gasteiger partial charge is 0.121 e. The molecule has 0 aliphatic rings. The fraction of sp³-hybridized carbons (Fsp3) is 0.455. The first-order valence-electron chi connectivity index (χ1n) is 4.82. The van der Waals surface area contributed by atoms with E-state index in [1.54, 1.807) is 0 Å². The lowest BCUT2D eigenvalue weighted by Gasteiger charge is -2.14. The van der Waals surface area contributed by atoms with Crippen LogP contribution in [0.3, 0.4) is 0 Å². The highest BCUT2D eigenvalue weighted by molar-refractivity contribution is 5.43. The van der Waals surface area contributed by atoms with Gasteiger partial charge in [0.2, 0.25) is 0 Å². The van der Waals surface area contributed by atoms with Crippen LogP contribution in [0.1, 0.15) is 13.8 Å². The summed E-state index contributed by atoms with van der Waals surface area (Å²) in [6.07, 6.45) is 0.0525. The van der Waals surface area contributed by atoms with Gasteiger partial charge >= 0.3 is 0 Å². The Morgan fingerprint density at radius 2 is 2.21 bits per heavy atom. The summed E-state index contributed by atoms with van der Waals surface area (Å²) in [6.45, 7) is 5.25. The summed E-state index contributed by atoms with van der Waals surface area (Å²) in [5.74, 6) is 0.789. The highest BCUT2D eigenvalue weighted by atomic mass is 16.5. The van der Waals surface area contributed by atoms with E-state index < -0.39 is 0 Å². The first-order chi connectivity index (χ1) is 6.72. The molecule has 1 rings (SSSR count). The summed E-state index contributed by atoms with van der Waals surface area (Å²) in [6, 6.07) is 7.40. The third-order valence-corrected chi connectivity index (χ3v) is 1.75. The largest absolute Gasteiger partial charge is 0.488 e. The van der Waals surface area contributed by atoms with Crippen LogP contribution in [0.15, 0.2) is 24.3 Å². The molecule has 3 nitrogen and oxygen atoms in total. The number of anilines is 1. The molecular formula is C11H17NO2. The molecule has 1 unspecified atom stereocenters. The minimum absolute atomic E-state index is 0.0525. The molecule has 1 aromatic carbocycles. The summed E-state index contributed by atoms with van der Waals surface area (Å²) in [7, 11) is 0. The second-order valence-electron chi connectivity index (χ2n) is 3.16. The van der Waals surface area contributed by atoms with Crippen LogP contribution in [0.4, 0.5) is 5.69 Å². The Kier molecular flexibility index (Phi) is 4.26. The Morgan fingerprint density at radius 3 is 2.86 bits per heavy atom. The molecule has 0 saturated carbocycles. The van der Waals surface area contributed by atoms with E-state index in [1.165, 1.54) is 0 Å². The zero-order valence-electron chi connectivity index (χ0n) is 8.69. The van der Waals surface area contributed by atoms with E-state index in [1.807, 2.05) is 38.1 Å². The molecule has 3 heteroatoms. The van der Waals surface area contributed by atoms with Crippen LogP contribution in [0, 0.1) is 0 Å². The van der Waals surface area contributed by atoms with Gasteiger partial charge in [0.1, 0.15) is 11.9 Å². The maximum Gasteiger partial charge on any atom is 0.121 e. The average Bonchev–Trinajstić information content (AvgIpc) is 2.15. The van der Waals surface area contributed by atoms with Gasteiger partial charge in [-0.15, -0.1) is 0 Å².